The summed E-state index contributed by atoms with van der Waals surface area (Å²) in [6.45, 7) is 8.06. The highest BCUT2D eigenvalue weighted by Gasteiger charge is 2.34. The maximum absolute atomic E-state index is 13.3. The minimum atomic E-state index is -0.210. The Kier molecular flexibility index (Phi) is 5.77. The molecule has 2 atom stereocenters. The molecule has 1 aromatic carbocycles. The van der Waals surface area contributed by atoms with Crippen LogP contribution >= 0.6 is 0 Å². The Morgan fingerprint density at radius 2 is 1.97 bits per heavy atom. The van der Waals surface area contributed by atoms with Crippen molar-refractivity contribution in [3.05, 3.63) is 52.6 Å². The molecule has 0 bridgehead atoms. The van der Waals surface area contributed by atoms with Crippen LogP contribution in [-0.4, -0.2) is 58.2 Å². The highest BCUT2D eigenvalue weighted by molar-refractivity contribution is 5.94. The lowest BCUT2D eigenvalue weighted by atomic mass is 9.93. The number of nitrogens with one attached hydrogen (secondary N) is 2. The van der Waals surface area contributed by atoms with Gasteiger partial charge in [-0.25, -0.2) is 9.82 Å². The number of carbonyl (C=O) groups is 1. The van der Waals surface area contributed by atoms with Crippen molar-refractivity contribution in [2.45, 2.75) is 45.3 Å². The number of hydrazine groups is 1. The Labute approximate surface area is 182 Å². The monoisotopic (exact) mass is 426 g/mol. The third kappa shape index (κ3) is 4.00. The number of rotatable bonds is 5. The number of nitrogens with zero attached hydrogens (tertiary/aromatic N) is 4. The van der Waals surface area contributed by atoms with Gasteiger partial charge in [-0.15, -0.1) is 0 Å². The van der Waals surface area contributed by atoms with Crippen LogP contribution in [0.15, 0.2) is 24.3 Å². The second-order valence-electron chi connectivity index (χ2n) is 8.89. The lowest BCUT2D eigenvalue weighted by Crippen LogP contribution is -2.38. The Balaban J connectivity index is 1.33. The van der Waals surface area contributed by atoms with E-state index in [2.05, 4.69) is 22.7 Å². The van der Waals surface area contributed by atoms with E-state index >= 15 is 0 Å². The molecule has 4 heterocycles. The minimum Gasteiger partial charge on any atom is -0.337 e. The number of hydrogen-bond acceptors (Lipinski definition) is 5. The van der Waals surface area contributed by atoms with Gasteiger partial charge in [-0.05, 0) is 37.5 Å². The van der Waals surface area contributed by atoms with Gasteiger partial charge in [-0.2, -0.15) is 5.10 Å². The van der Waals surface area contributed by atoms with Crippen LogP contribution in [0, 0.1) is 11.7 Å². The van der Waals surface area contributed by atoms with Crippen LogP contribution < -0.4 is 10.9 Å². The van der Waals surface area contributed by atoms with Gasteiger partial charge in [0.05, 0.1) is 6.04 Å². The van der Waals surface area contributed by atoms with Crippen molar-refractivity contribution >= 4 is 5.91 Å². The summed E-state index contributed by atoms with van der Waals surface area (Å²) in [4.78, 5) is 17.5. The van der Waals surface area contributed by atoms with E-state index in [0.717, 1.165) is 76.2 Å². The number of likely N-dealkylation sites (tertiary alicyclic amines) is 1. The van der Waals surface area contributed by atoms with Gasteiger partial charge in [-0.3, -0.25) is 19.8 Å². The first kappa shape index (κ1) is 20.6. The molecule has 166 valence electrons. The van der Waals surface area contributed by atoms with Crippen LogP contribution in [0.2, 0.25) is 0 Å². The average Bonchev–Trinajstić information content (AvgIpc) is 3.54. The molecule has 3 aliphatic heterocycles. The second kappa shape index (κ2) is 8.68. The standard InChI is InChI=1S/C23H31FN6O/c1-2-30-20-9-12-28(15-19(20)22(27-30)23(31)29-10-3-4-11-29)14-17-13-25-26-21(17)16-5-7-18(24)8-6-16/h5-8,17,21,25-26H,2-4,9-15H2,1H3. The van der Waals surface area contributed by atoms with Crippen molar-refractivity contribution in [3.63, 3.8) is 0 Å². The summed E-state index contributed by atoms with van der Waals surface area (Å²) in [5.41, 5.74) is 10.7. The highest BCUT2D eigenvalue weighted by atomic mass is 19.1. The van der Waals surface area contributed by atoms with Crippen LogP contribution in [-0.2, 0) is 19.5 Å². The first-order valence-corrected chi connectivity index (χ1v) is 11.5. The van der Waals surface area contributed by atoms with Gasteiger partial charge in [0.2, 0.25) is 0 Å². The van der Waals surface area contributed by atoms with Crippen LogP contribution in [0.25, 0.3) is 0 Å². The molecule has 1 aromatic heterocycles. The van der Waals surface area contributed by atoms with Gasteiger partial charge in [0, 0.05) is 69.4 Å². The van der Waals surface area contributed by atoms with Gasteiger partial charge in [0.15, 0.2) is 5.69 Å². The van der Waals surface area contributed by atoms with Crippen molar-refractivity contribution in [1.29, 1.82) is 0 Å². The fourth-order valence-electron chi connectivity index (χ4n) is 5.27. The van der Waals surface area contributed by atoms with E-state index in [1.54, 1.807) is 0 Å². The van der Waals surface area contributed by atoms with Crippen molar-refractivity contribution in [1.82, 2.24) is 30.4 Å². The predicted octanol–water partition coefficient (Wildman–Crippen LogP) is 2.10. The van der Waals surface area contributed by atoms with Gasteiger partial charge in [0.25, 0.3) is 5.91 Å². The van der Waals surface area contributed by atoms with Crippen LogP contribution in [0.1, 0.15) is 53.1 Å². The third-order valence-electron chi connectivity index (χ3n) is 6.92. The zero-order valence-corrected chi connectivity index (χ0v) is 18.1. The Morgan fingerprint density at radius 3 is 2.71 bits per heavy atom. The Bertz CT molecular complexity index is 936. The Hall–Kier alpha value is -2.29. The first-order chi connectivity index (χ1) is 15.1. The van der Waals surface area contributed by atoms with Gasteiger partial charge < -0.3 is 4.90 Å². The lowest BCUT2D eigenvalue weighted by Gasteiger charge is -2.31. The van der Waals surface area contributed by atoms with Gasteiger partial charge in [0.1, 0.15) is 5.82 Å². The molecular weight excluding hydrogens is 395 g/mol. The van der Waals surface area contributed by atoms with E-state index in [1.165, 1.54) is 17.8 Å². The maximum Gasteiger partial charge on any atom is 0.274 e. The largest absolute Gasteiger partial charge is 0.337 e. The number of benzene rings is 1. The molecular formula is C23H31FN6O. The van der Waals surface area contributed by atoms with E-state index < -0.39 is 0 Å². The van der Waals surface area contributed by atoms with E-state index in [9.17, 15) is 9.18 Å². The van der Waals surface area contributed by atoms with Crippen LogP contribution in [0.4, 0.5) is 4.39 Å². The highest BCUT2D eigenvalue weighted by Crippen LogP contribution is 2.29. The SMILES string of the molecule is CCn1nc(C(=O)N2CCCC2)c2c1CCN(CC1CNNC1c1ccc(F)cc1)C2. The number of carbonyl (C=O) groups excluding carboxylic acids is 1. The topological polar surface area (TPSA) is 65.4 Å². The lowest BCUT2D eigenvalue weighted by molar-refractivity contribution is 0.0783. The number of halogens is 1. The summed E-state index contributed by atoms with van der Waals surface area (Å²) in [6, 6.07) is 6.91. The molecule has 2 fully saturated rings. The second-order valence-corrected chi connectivity index (χ2v) is 8.89. The summed E-state index contributed by atoms with van der Waals surface area (Å²) in [5.74, 6) is 0.250. The number of hydrogen-bond donors (Lipinski definition) is 2. The van der Waals surface area contributed by atoms with E-state index in [0.29, 0.717) is 11.6 Å². The zero-order valence-electron chi connectivity index (χ0n) is 18.1. The first-order valence-electron chi connectivity index (χ1n) is 11.5. The molecule has 0 radical (unpaired) electrons. The van der Waals surface area contributed by atoms with Crippen molar-refractivity contribution < 1.29 is 9.18 Å². The molecule has 8 heteroatoms. The molecule has 2 unspecified atom stereocenters. The van der Waals surface area contributed by atoms with Gasteiger partial charge in [-0.1, -0.05) is 12.1 Å². The van der Waals surface area contributed by atoms with Crippen LogP contribution in [0.5, 0.6) is 0 Å². The molecule has 31 heavy (non-hydrogen) atoms. The smallest absolute Gasteiger partial charge is 0.274 e. The zero-order chi connectivity index (χ0) is 21.4. The van der Waals surface area contributed by atoms with E-state index in [4.69, 9.17) is 5.10 Å². The van der Waals surface area contributed by atoms with Gasteiger partial charge >= 0.3 is 0 Å². The molecule has 0 saturated carbocycles. The fourth-order valence-corrected chi connectivity index (χ4v) is 5.27. The molecule has 0 aliphatic carbocycles. The third-order valence-corrected chi connectivity index (χ3v) is 6.92. The average molecular weight is 427 g/mol. The quantitative estimate of drug-likeness (QED) is 0.767. The summed E-state index contributed by atoms with van der Waals surface area (Å²) >= 11 is 0. The molecule has 5 rings (SSSR count). The number of aromatic nitrogens is 2. The molecule has 2 N–H and O–H groups in total. The Morgan fingerprint density at radius 1 is 1.19 bits per heavy atom. The number of amides is 1. The normalized spacial score (nSPS) is 24.0. The molecule has 3 aliphatic rings. The van der Waals surface area contributed by atoms with E-state index in [-0.39, 0.29) is 17.8 Å². The maximum atomic E-state index is 13.3. The van der Waals surface area contributed by atoms with Crippen molar-refractivity contribution in [2.24, 2.45) is 5.92 Å². The summed E-state index contributed by atoms with van der Waals surface area (Å²) in [6.07, 6.45) is 3.08. The van der Waals surface area contributed by atoms with Crippen LogP contribution in [0.3, 0.4) is 0 Å². The predicted molar refractivity (Wildman–Crippen MR) is 116 cm³/mol. The van der Waals surface area contributed by atoms with Crippen molar-refractivity contribution in [2.75, 3.05) is 32.7 Å². The molecule has 0 spiro atoms. The number of aryl methyl sites for hydroxylation is 1. The summed E-state index contributed by atoms with van der Waals surface area (Å²) in [5, 5.41) is 4.73. The summed E-state index contributed by atoms with van der Waals surface area (Å²) < 4.78 is 15.4. The van der Waals surface area contributed by atoms with E-state index in [1.807, 2.05) is 21.7 Å². The molecule has 7 nitrogen and oxygen atoms in total. The molecule has 2 saturated heterocycles. The minimum absolute atomic E-state index is 0.0937. The summed E-state index contributed by atoms with van der Waals surface area (Å²) in [7, 11) is 0. The molecule has 1 amide bonds. The molecule has 2 aromatic rings. The fraction of sp³-hybridized carbons (Fsp3) is 0.565. The number of fused-ring (bicyclic) bond motifs is 1. The van der Waals surface area contributed by atoms with Crippen molar-refractivity contribution in [3.8, 4) is 0 Å².